The summed E-state index contributed by atoms with van der Waals surface area (Å²) < 4.78 is 0. The molecule has 4 aromatic carbocycles. The van der Waals surface area contributed by atoms with Gasteiger partial charge in [-0.15, -0.1) is 0 Å². The van der Waals surface area contributed by atoms with Crippen LogP contribution in [0.4, 0.5) is 0 Å². The van der Waals surface area contributed by atoms with Gasteiger partial charge in [-0.25, -0.2) is 0 Å². The summed E-state index contributed by atoms with van der Waals surface area (Å²) in [7, 11) is 0. The monoisotopic (exact) mass is 404 g/mol. The van der Waals surface area contributed by atoms with Crippen LogP contribution < -0.4 is 5.22 Å². The second-order valence-electron chi connectivity index (χ2n) is 11.1. The molecule has 0 heterocycles. The first-order chi connectivity index (χ1) is 15.0. The predicted octanol–water partition coefficient (Wildman–Crippen LogP) is 7.64. The third-order valence-electron chi connectivity index (χ3n) is 8.89. The minimum atomic E-state index is 0.570. The fourth-order valence-corrected chi connectivity index (χ4v) is 7.69. The van der Waals surface area contributed by atoms with E-state index in [9.17, 15) is 0 Å². The van der Waals surface area contributed by atoms with Crippen molar-refractivity contribution in [2.24, 2.45) is 5.92 Å². The van der Waals surface area contributed by atoms with Crippen molar-refractivity contribution in [2.75, 3.05) is 0 Å². The normalized spacial score (nSPS) is 21.5. The number of hydrogen-bond donors (Lipinski definition) is 0. The number of aryl methyl sites for hydroxylation is 1. The highest BCUT2D eigenvalue weighted by atomic mass is 14.4. The molecule has 0 heteroatoms. The summed E-state index contributed by atoms with van der Waals surface area (Å²) >= 11 is 0. The third-order valence-corrected chi connectivity index (χ3v) is 8.89. The average Bonchev–Trinajstić information content (AvgIpc) is 3.11. The van der Waals surface area contributed by atoms with Crippen LogP contribution in [0.5, 0.6) is 0 Å². The zero-order valence-corrected chi connectivity index (χ0v) is 19.6. The van der Waals surface area contributed by atoms with Crippen molar-refractivity contribution < 1.29 is 0 Å². The fourth-order valence-electron chi connectivity index (χ4n) is 7.69. The van der Waals surface area contributed by atoms with Crippen LogP contribution in [0.15, 0.2) is 24.3 Å². The molecular weight excluding hydrogens is 372 g/mol. The van der Waals surface area contributed by atoms with E-state index in [1.807, 2.05) is 0 Å². The van der Waals surface area contributed by atoms with Gasteiger partial charge in [0.1, 0.15) is 0 Å². The quantitative estimate of drug-likeness (QED) is 0.238. The number of benzene rings is 4. The minimum Gasteiger partial charge on any atom is -0.0622 e. The topological polar surface area (TPSA) is 0 Å². The van der Waals surface area contributed by atoms with Crippen molar-refractivity contribution in [1.82, 2.24) is 0 Å². The van der Waals surface area contributed by atoms with E-state index in [0.717, 1.165) is 18.8 Å². The van der Waals surface area contributed by atoms with E-state index in [1.165, 1.54) is 35.6 Å². The van der Waals surface area contributed by atoms with E-state index in [4.69, 9.17) is 0 Å². The molecule has 0 aliphatic heterocycles. The maximum Gasteiger partial charge on any atom is -0.00206 e. The fraction of sp³-hybridized carbons (Fsp3) is 0.419. The minimum absolute atomic E-state index is 0.570. The summed E-state index contributed by atoms with van der Waals surface area (Å²) in [5.41, 5.74) is 11.4. The molecule has 0 radical (unpaired) electrons. The molecule has 0 saturated carbocycles. The summed E-state index contributed by atoms with van der Waals surface area (Å²) in [6, 6.07) is 10.0. The maximum absolute atomic E-state index is 2.63. The van der Waals surface area contributed by atoms with Gasteiger partial charge < -0.3 is 0 Å². The highest BCUT2D eigenvalue weighted by Crippen LogP contribution is 2.52. The summed E-state index contributed by atoms with van der Waals surface area (Å²) in [6.07, 6.45) is 6.20. The standard InChI is InChI=1S/C31H32/c1-6-18-11-21-12-19-9-16(4)10-20-13-25-23(15(2)3)14-24-17(5)7-8-22-27(18)28(21)31(26(19)20)30(25)29(22)24/h7-8,12,14-16,20H,6,9-11,13H2,1-5H3. The van der Waals surface area contributed by atoms with Crippen LogP contribution in [0.2, 0.25) is 0 Å². The van der Waals surface area contributed by atoms with Gasteiger partial charge in [-0.3, -0.25) is 0 Å². The van der Waals surface area contributed by atoms with Crippen LogP contribution in [-0.2, 0) is 19.3 Å². The zero-order valence-electron chi connectivity index (χ0n) is 19.6. The molecule has 0 spiro atoms. The van der Waals surface area contributed by atoms with E-state index >= 15 is 0 Å². The maximum atomic E-state index is 2.63. The second kappa shape index (κ2) is 5.91. The zero-order chi connectivity index (χ0) is 21.2. The van der Waals surface area contributed by atoms with Crippen LogP contribution in [0, 0.1) is 12.8 Å². The lowest BCUT2D eigenvalue weighted by Gasteiger charge is -2.37. The number of rotatable bonds is 2. The Hall–Kier alpha value is -2.34. The van der Waals surface area contributed by atoms with Gasteiger partial charge in [0.25, 0.3) is 0 Å². The van der Waals surface area contributed by atoms with Crippen molar-refractivity contribution in [3.8, 4) is 0 Å². The number of hydrogen-bond acceptors (Lipinski definition) is 0. The second-order valence-corrected chi connectivity index (χ2v) is 11.1. The molecule has 0 aromatic heterocycles. The van der Waals surface area contributed by atoms with Gasteiger partial charge in [0.15, 0.2) is 0 Å². The van der Waals surface area contributed by atoms with Gasteiger partial charge in [-0.05, 0) is 128 Å². The van der Waals surface area contributed by atoms with Crippen LogP contribution in [0.1, 0.15) is 85.8 Å². The molecule has 4 aromatic rings. The molecule has 2 unspecified atom stereocenters. The number of fused-ring (bicyclic) bond motifs is 1. The van der Waals surface area contributed by atoms with Crippen LogP contribution >= 0.6 is 0 Å². The van der Waals surface area contributed by atoms with Gasteiger partial charge >= 0.3 is 0 Å². The Balaban J connectivity index is 1.86. The highest BCUT2D eigenvalue weighted by molar-refractivity contribution is 6.26. The van der Waals surface area contributed by atoms with E-state index in [1.54, 1.807) is 60.2 Å². The Morgan fingerprint density at radius 3 is 2.55 bits per heavy atom. The van der Waals surface area contributed by atoms with Crippen molar-refractivity contribution in [2.45, 2.75) is 78.6 Å². The molecule has 0 saturated heterocycles. The molecule has 0 N–H and O–H groups in total. The lowest BCUT2D eigenvalue weighted by atomic mass is 9.67. The van der Waals surface area contributed by atoms with Gasteiger partial charge in [0.05, 0.1) is 0 Å². The third kappa shape index (κ3) is 2.12. The Kier molecular flexibility index (Phi) is 3.48. The van der Waals surface area contributed by atoms with Gasteiger partial charge in [0, 0.05) is 0 Å². The highest BCUT2D eigenvalue weighted by Gasteiger charge is 2.36. The van der Waals surface area contributed by atoms with E-state index in [0.29, 0.717) is 11.8 Å². The molecule has 3 aliphatic rings. The molecular formula is C31H32. The Labute approximate surface area is 185 Å². The summed E-state index contributed by atoms with van der Waals surface area (Å²) in [4.78, 5) is 0. The molecule has 7 rings (SSSR count). The van der Waals surface area contributed by atoms with Crippen molar-refractivity contribution in [3.63, 3.8) is 0 Å². The summed E-state index contributed by atoms with van der Waals surface area (Å²) in [5.74, 6) is 2.08. The van der Waals surface area contributed by atoms with Gasteiger partial charge in [0.2, 0.25) is 0 Å². The first-order valence-corrected chi connectivity index (χ1v) is 12.5. The smallest absolute Gasteiger partial charge is 0.00206 e. The van der Waals surface area contributed by atoms with Crippen LogP contribution in [-0.4, -0.2) is 0 Å². The molecule has 31 heavy (non-hydrogen) atoms. The molecule has 2 atom stereocenters. The molecule has 0 fully saturated rings. The molecule has 156 valence electrons. The summed E-state index contributed by atoms with van der Waals surface area (Å²) in [6.45, 7) is 11.9. The Morgan fingerprint density at radius 2 is 1.77 bits per heavy atom. The van der Waals surface area contributed by atoms with E-state index in [-0.39, 0.29) is 0 Å². The summed E-state index contributed by atoms with van der Waals surface area (Å²) in [5, 5.41) is 11.2. The lowest BCUT2D eigenvalue weighted by Crippen LogP contribution is -2.24. The molecule has 0 amide bonds. The molecule has 0 nitrogen and oxygen atoms in total. The van der Waals surface area contributed by atoms with Gasteiger partial charge in [-0.2, -0.15) is 0 Å². The van der Waals surface area contributed by atoms with Crippen molar-refractivity contribution >= 4 is 37.9 Å². The Bertz CT molecular complexity index is 1510. The van der Waals surface area contributed by atoms with Crippen LogP contribution in [0.3, 0.4) is 0 Å². The SMILES string of the molecule is CCC1=c2c3ccc(C)c4cc(C(C)C)c5c(c6c7c(cc(c26)C1)CC(C)CC7C5)c43. The molecule has 0 bridgehead atoms. The van der Waals surface area contributed by atoms with E-state index < -0.39 is 0 Å². The first-order valence-electron chi connectivity index (χ1n) is 12.5. The lowest BCUT2D eigenvalue weighted by molar-refractivity contribution is 0.430. The van der Waals surface area contributed by atoms with Crippen LogP contribution in [0.25, 0.3) is 37.9 Å². The van der Waals surface area contributed by atoms with Crippen molar-refractivity contribution in [3.05, 3.63) is 62.9 Å². The van der Waals surface area contributed by atoms with E-state index in [2.05, 4.69) is 58.9 Å². The first kappa shape index (κ1) is 18.3. The molecule has 3 aliphatic carbocycles. The predicted molar refractivity (Wildman–Crippen MR) is 134 cm³/mol. The average molecular weight is 405 g/mol. The Morgan fingerprint density at radius 1 is 0.935 bits per heavy atom. The largest absolute Gasteiger partial charge is 0.0622 e. The van der Waals surface area contributed by atoms with Gasteiger partial charge in [-0.1, -0.05) is 57.5 Å². The van der Waals surface area contributed by atoms with Crippen molar-refractivity contribution in [1.29, 1.82) is 0 Å².